The van der Waals surface area contributed by atoms with Crippen LogP contribution in [0.15, 0.2) is 72.9 Å². The van der Waals surface area contributed by atoms with Gasteiger partial charge in [-0.1, -0.05) is 18.2 Å². The summed E-state index contributed by atoms with van der Waals surface area (Å²) in [5.41, 5.74) is 2.12. The molecule has 23 heavy (non-hydrogen) atoms. The van der Waals surface area contributed by atoms with Crippen molar-refractivity contribution in [3.05, 3.63) is 84.3 Å². The molecule has 2 aromatic carbocycles. The first kappa shape index (κ1) is 15.0. The fraction of sp³-hybridized carbons (Fsp3) is 0.105. The van der Waals surface area contributed by atoms with Crippen molar-refractivity contribution in [1.29, 1.82) is 0 Å². The van der Waals surface area contributed by atoms with Crippen LogP contribution in [0.2, 0.25) is 0 Å². The molecular weight excluding hydrogens is 291 g/mol. The number of benzene rings is 2. The van der Waals surface area contributed by atoms with Crippen LogP contribution in [0, 0.1) is 5.82 Å². The second-order valence-electron chi connectivity index (χ2n) is 5.25. The predicted octanol–water partition coefficient (Wildman–Crippen LogP) is 4.65. The van der Waals surface area contributed by atoms with E-state index >= 15 is 0 Å². The summed E-state index contributed by atoms with van der Waals surface area (Å²) in [6, 6.07) is 19.9. The third-order valence-electron chi connectivity index (χ3n) is 3.47. The second kappa shape index (κ2) is 6.92. The van der Waals surface area contributed by atoms with Gasteiger partial charge >= 0.3 is 0 Å². The number of nitrogens with zero attached hydrogens (tertiary/aromatic N) is 2. The van der Waals surface area contributed by atoms with E-state index in [1.165, 1.54) is 12.1 Å². The van der Waals surface area contributed by atoms with E-state index < -0.39 is 0 Å². The molecule has 0 aliphatic rings. The number of aromatic nitrogens is 1. The summed E-state index contributed by atoms with van der Waals surface area (Å²) in [6.07, 6.45) is 1.69. The van der Waals surface area contributed by atoms with Gasteiger partial charge < -0.3 is 9.64 Å². The highest BCUT2D eigenvalue weighted by Gasteiger charge is 2.04. The standard InChI is InChI=1S/C19H17FN2O/c1-22(14-15-5-7-16(20)8-6-15)17-9-11-18(12-10-17)23-19-4-2-3-13-21-19/h2-13H,14H2,1H3. The van der Waals surface area contributed by atoms with E-state index in [4.69, 9.17) is 4.74 Å². The zero-order valence-corrected chi connectivity index (χ0v) is 12.8. The van der Waals surface area contributed by atoms with Gasteiger partial charge in [0, 0.05) is 31.5 Å². The van der Waals surface area contributed by atoms with Crippen molar-refractivity contribution in [1.82, 2.24) is 4.98 Å². The molecule has 0 fully saturated rings. The van der Waals surface area contributed by atoms with Crippen LogP contribution in [-0.4, -0.2) is 12.0 Å². The van der Waals surface area contributed by atoms with Crippen molar-refractivity contribution < 1.29 is 9.13 Å². The molecule has 0 saturated carbocycles. The molecular formula is C19H17FN2O. The van der Waals surface area contributed by atoms with Crippen LogP contribution in [0.5, 0.6) is 11.6 Å². The molecule has 3 nitrogen and oxygen atoms in total. The molecule has 0 aliphatic carbocycles. The molecule has 0 N–H and O–H groups in total. The van der Waals surface area contributed by atoms with Gasteiger partial charge in [0.2, 0.25) is 5.88 Å². The predicted molar refractivity (Wildman–Crippen MR) is 89.3 cm³/mol. The van der Waals surface area contributed by atoms with Gasteiger partial charge in [0.25, 0.3) is 0 Å². The maximum absolute atomic E-state index is 12.9. The highest BCUT2D eigenvalue weighted by Crippen LogP contribution is 2.23. The van der Waals surface area contributed by atoms with Gasteiger partial charge in [0.15, 0.2) is 0 Å². The van der Waals surface area contributed by atoms with Crippen LogP contribution in [0.25, 0.3) is 0 Å². The molecule has 0 bridgehead atoms. The number of anilines is 1. The summed E-state index contributed by atoms with van der Waals surface area (Å²) in [4.78, 5) is 6.23. The Hall–Kier alpha value is -2.88. The minimum absolute atomic E-state index is 0.215. The summed E-state index contributed by atoms with van der Waals surface area (Å²) in [6.45, 7) is 0.709. The smallest absolute Gasteiger partial charge is 0.219 e. The van der Waals surface area contributed by atoms with Crippen molar-refractivity contribution in [3.8, 4) is 11.6 Å². The summed E-state index contributed by atoms with van der Waals surface area (Å²) in [7, 11) is 2.00. The first-order chi connectivity index (χ1) is 11.2. The third kappa shape index (κ3) is 4.07. The van der Waals surface area contributed by atoms with Crippen molar-refractivity contribution in [2.75, 3.05) is 11.9 Å². The second-order valence-corrected chi connectivity index (χ2v) is 5.25. The van der Waals surface area contributed by atoms with Gasteiger partial charge in [0.1, 0.15) is 11.6 Å². The van der Waals surface area contributed by atoms with E-state index in [1.807, 2.05) is 49.5 Å². The summed E-state index contributed by atoms with van der Waals surface area (Å²) >= 11 is 0. The molecule has 3 rings (SSSR count). The Kier molecular flexibility index (Phi) is 4.52. The number of ether oxygens (including phenoxy) is 1. The third-order valence-corrected chi connectivity index (χ3v) is 3.47. The molecule has 0 saturated heterocycles. The molecule has 0 spiro atoms. The van der Waals surface area contributed by atoms with Crippen molar-refractivity contribution >= 4 is 5.69 Å². The number of halogens is 1. The Labute approximate surface area is 135 Å². The Bertz CT molecular complexity index is 743. The maximum Gasteiger partial charge on any atom is 0.219 e. The number of hydrogen-bond donors (Lipinski definition) is 0. The highest BCUT2D eigenvalue weighted by molar-refractivity contribution is 5.49. The van der Waals surface area contributed by atoms with Crippen LogP contribution < -0.4 is 9.64 Å². The lowest BCUT2D eigenvalue weighted by Gasteiger charge is -2.19. The van der Waals surface area contributed by atoms with Crippen LogP contribution in [-0.2, 0) is 6.54 Å². The molecule has 3 aromatic rings. The van der Waals surface area contributed by atoms with E-state index in [2.05, 4.69) is 9.88 Å². The van der Waals surface area contributed by atoms with Gasteiger partial charge in [-0.3, -0.25) is 0 Å². The summed E-state index contributed by atoms with van der Waals surface area (Å²) < 4.78 is 18.6. The largest absolute Gasteiger partial charge is 0.439 e. The molecule has 0 amide bonds. The lowest BCUT2D eigenvalue weighted by atomic mass is 10.2. The Morgan fingerprint density at radius 2 is 1.70 bits per heavy atom. The van der Waals surface area contributed by atoms with Crippen LogP contribution >= 0.6 is 0 Å². The minimum Gasteiger partial charge on any atom is -0.439 e. The van der Waals surface area contributed by atoms with E-state index in [0.29, 0.717) is 12.4 Å². The van der Waals surface area contributed by atoms with Gasteiger partial charge in [-0.2, -0.15) is 0 Å². The van der Waals surface area contributed by atoms with Gasteiger partial charge in [-0.25, -0.2) is 9.37 Å². The van der Waals surface area contributed by atoms with Gasteiger partial charge in [-0.05, 0) is 48.0 Å². The quantitative estimate of drug-likeness (QED) is 0.686. The average Bonchev–Trinajstić information content (AvgIpc) is 2.58. The number of hydrogen-bond acceptors (Lipinski definition) is 3. The molecule has 0 aliphatic heterocycles. The zero-order chi connectivity index (χ0) is 16.1. The fourth-order valence-corrected chi connectivity index (χ4v) is 2.25. The molecule has 1 heterocycles. The molecule has 0 radical (unpaired) electrons. The first-order valence-corrected chi connectivity index (χ1v) is 7.35. The maximum atomic E-state index is 12.9. The summed E-state index contributed by atoms with van der Waals surface area (Å²) in [5, 5.41) is 0. The Morgan fingerprint density at radius 1 is 0.957 bits per heavy atom. The molecule has 0 atom stereocenters. The van der Waals surface area contributed by atoms with Gasteiger partial charge in [-0.15, -0.1) is 0 Å². The topological polar surface area (TPSA) is 25.4 Å². The Balaban J connectivity index is 1.65. The summed E-state index contributed by atoms with van der Waals surface area (Å²) in [5.74, 6) is 1.09. The van der Waals surface area contributed by atoms with Crippen LogP contribution in [0.4, 0.5) is 10.1 Å². The lowest BCUT2D eigenvalue weighted by Crippen LogP contribution is -2.16. The highest BCUT2D eigenvalue weighted by atomic mass is 19.1. The molecule has 4 heteroatoms. The number of rotatable bonds is 5. The van der Waals surface area contributed by atoms with Crippen molar-refractivity contribution in [2.45, 2.75) is 6.54 Å². The molecule has 0 unspecified atom stereocenters. The zero-order valence-electron chi connectivity index (χ0n) is 12.8. The van der Waals surface area contributed by atoms with Crippen molar-refractivity contribution in [2.24, 2.45) is 0 Å². The van der Waals surface area contributed by atoms with Crippen molar-refractivity contribution in [3.63, 3.8) is 0 Å². The van der Waals surface area contributed by atoms with E-state index in [0.717, 1.165) is 17.0 Å². The van der Waals surface area contributed by atoms with Gasteiger partial charge in [0.05, 0.1) is 0 Å². The molecule has 116 valence electrons. The normalized spacial score (nSPS) is 10.3. The van der Waals surface area contributed by atoms with E-state index in [1.54, 1.807) is 18.3 Å². The van der Waals surface area contributed by atoms with Crippen LogP contribution in [0.3, 0.4) is 0 Å². The van der Waals surface area contributed by atoms with E-state index in [-0.39, 0.29) is 5.82 Å². The monoisotopic (exact) mass is 308 g/mol. The Morgan fingerprint density at radius 3 is 2.35 bits per heavy atom. The number of pyridine rings is 1. The fourth-order valence-electron chi connectivity index (χ4n) is 2.25. The average molecular weight is 308 g/mol. The lowest BCUT2D eigenvalue weighted by molar-refractivity contribution is 0.463. The van der Waals surface area contributed by atoms with E-state index in [9.17, 15) is 4.39 Å². The SMILES string of the molecule is CN(Cc1ccc(F)cc1)c1ccc(Oc2ccccn2)cc1. The molecule has 1 aromatic heterocycles. The minimum atomic E-state index is -0.215. The van der Waals surface area contributed by atoms with Crippen LogP contribution in [0.1, 0.15) is 5.56 Å². The first-order valence-electron chi connectivity index (χ1n) is 7.35.